The van der Waals surface area contributed by atoms with Crippen molar-refractivity contribution in [3.8, 4) is 0 Å². The SMILES string of the molecule is Cc1nc(NC(C)c2cccc(C(F)F)c2F)c2cc(C3COC3)c(=O)n(C)c2n1. The first-order valence-corrected chi connectivity index (χ1v) is 9.57. The van der Waals surface area contributed by atoms with Crippen LogP contribution >= 0.6 is 0 Å². The van der Waals surface area contributed by atoms with Gasteiger partial charge in [-0.05, 0) is 19.9 Å². The molecular formula is C21H21F3N4O2. The van der Waals surface area contributed by atoms with Crippen molar-refractivity contribution < 1.29 is 17.9 Å². The normalized spacial score (nSPS) is 15.4. The van der Waals surface area contributed by atoms with E-state index in [0.717, 1.165) is 6.07 Å². The average Bonchev–Trinajstić information content (AvgIpc) is 2.65. The van der Waals surface area contributed by atoms with Crippen molar-refractivity contribution in [2.75, 3.05) is 18.5 Å². The Labute approximate surface area is 170 Å². The first-order valence-electron chi connectivity index (χ1n) is 9.57. The Morgan fingerprint density at radius 1 is 1.23 bits per heavy atom. The van der Waals surface area contributed by atoms with Crippen LogP contribution in [-0.4, -0.2) is 27.7 Å². The summed E-state index contributed by atoms with van der Waals surface area (Å²) in [4.78, 5) is 21.5. The summed E-state index contributed by atoms with van der Waals surface area (Å²) in [6.07, 6.45) is -2.90. The molecule has 6 nitrogen and oxygen atoms in total. The van der Waals surface area contributed by atoms with Crippen LogP contribution in [-0.2, 0) is 11.8 Å². The van der Waals surface area contributed by atoms with E-state index in [-0.39, 0.29) is 17.0 Å². The van der Waals surface area contributed by atoms with Gasteiger partial charge in [-0.3, -0.25) is 9.36 Å². The first kappa shape index (κ1) is 20.3. The van der Waals surface area contributed by atoms with Crippen molar-refractivity contribution in [2.24, 2.45) is 7.05 Å². The molecule has 30 heavy (non-hydrogen) atoms. The van der Waals surface area contributed by atoms with Crippen molar-refractivity contribution in [2.45, 2.75) is 32.2 Å². The van der Waals surface area contributed by atoms with Gasteiger partial charge in [0.05, 0.1) is 30.2 Å². The Balaban J connectivity index is 1.80. The molecule has 1 fully saturated rings. The van der Waals surface area contributed by atoms with E-state index >= 15 is 0 Å². The molecule has 1 aliphatic rings. The van der Waals surface area contributed by atoms with Crippen molar-refractivity contribution in [1.29, 1.82) is 0 Å². The number of hydrogen-bond acceptors (Lipinski definition) is 5. The number of pyridine rings is 1. The third-order valence-electron chi connectivity index (χ3n) is 5.40. The number of alkyl halides is 2. The van der Waals surface area contributed by atoms with Gasteiger partial charge >= 0.3 is 0 Å². The van der Waals surface area contributed by atoms with E-state index in [4.69, 9.17) is 4.74 Å². The molecule has 0 aliphatic carbocycles. The van der Waals surface area contributed by atoms with E-state index < -0.39 is 23.8 Å². The molecule has 3 heterocycles. The summed E-state index contributed by atoms with van der Waals surface area (Å²) in [7, 11) is 1.64. The number of hydrogen-bond donors (Lipinski definition) is 1. The Morgan fingerprint density at radius 3 is 2.57 bits per heavy atom. The summed E-state index contributed by atoms with van der Waals surface area (Å²) in [5.41, 5.74) is 0.357. The standard InChI is InChI=1S/C21H21F3N4O2/c1-10(13-5-4-6-14(17(13)22)18(23)24)25-19-16-7-15(12-8-30-9-12)21(29)28(3)20(16)27-11(2)26-19/h4-7,10,12,18H,8-9H2,1-3H3,(H,25,26,27). The quantitative estimate of drug-likeness (QED) is 0.678. The van der Waals surface area contributed by atoms with Crippen molar-refractivity contribution >= 4 is 16.9 Å². The van der Waals surface area contributed by atoms with Gasteiger partial charge in [0.15, 0.2) is 0 Å². The Bertz CT molecular complexity index is 1180. The number of halogens is 3. The van der Waals surface area contributed by atoms with Gasteiger partial charge in [0, 0.05) is 24.1 Å². The van der Waals surface area contributed by atoms with Crippen molar-refractivity contribution in [1.82, 2.24) is 14.5 Å². The molecule has 0 bridgehead atoms. The molecule has 4 rings (SSSR count). The number of nitrogens with one attached hydrogen (secondary N) is 1. The number of aromatic nitrogens is 3. The molecule has 1 atom stereocenters. The van der Waals surface area contributed by atoms with Crippen LogP contribution < -0.4 is 10.9 Å². The summed E-state index contributed by atoms with van der Waals surface area (Å²) in [5, 5.41) is 3.71. The third-order valence-corrected chi connectivity index (χ3v) is 5.40. The summed E-state index contributed by atoms with van der Waals surface area (Å²) in [6.45, 7) is 4.29. The second-order valence-electron chi connectivity index (χ2n) is 7.47. The van der Waals surface area contributed by atoms with Crippen LogP contribution in [0.4, 0.5) is 19.0 Å². The molecule has 3 aromatic rings. The van der Waals surface area contributed by atoms with E-state index in [1.807, 2.05) is 0 Å². The second kappa shape index (κ2) is 7.71. The smallest absolute Gasteiger partial charge is 0.266 e. The van der Waals surface area contributed by atoms with Gasteiger partial charge in [0.25, 0.3) is 12.0 Å². The zero-order chi connectivity index (χ0) is 21.6. The molecule has 0 radical (unpaired) electrons. The molecule has 0 amide bonds. The summed E-state index contributed by atoms with van der Waals surface area (Å²) >= 11 is 0. The zero-order valence-corrected chi connectivity index (χ0v) is 16.7. The fourth-order valence-corrected chi connectivity index (χ4v) is 3.63. The molecule has 1 N–H and O–H groups in total. The molecule has 158 valence electrons. The molecule has 0 saturated carbocycles. The lowest BCUT2D eigenvalue weighted by atomic mass is 9.98. The van der Waals surface area contributed by atoms with Crippen LogP contribution in [0.25, 0.3) is 11.0 Å². The predicted octanol–water partition coefficient (Wildman–Crippen LogP) is 4.00. The van der Waals surface area contributed by atoms with Crippen LogP contribution in [0, 0.1) is 12.7 Å². The Morgan fingerprint density at radius 2 is 1.93 bits per heavy atom. The van der Waals surface area contributed by atoms with Crippen LogP contribution in [0.3, 0.4) is 0 Å². The van der Waals surface area contributed by atoms with Gasteiger partial charge in [0.1, 0.15) is 23.1 Å². The number of anilines is 1. The molecule has 9 heteroatoms. The molecular weight excluding hydrogens is 397 g/mol. The maximum atomic E-state index is 14.6. The molecule has 1 aromatic carbocycles. The molecule has 1 unspecified atom stereocenters. The van der Waals surface area contributed by atoms with E-state index in [2.05, 4.69) is 15.3 Å². The maximum absolute atomic E-state index is 14.6. The highest BCUT2D eigenvalue weighted by Gasteiger charge is 2.26. The Kier molecular flexibility index (Phi) is 5.23. The highest BCUT2D eigenvalue weighted by Crippen LogP contribution is 2.31. The lowest BCUT2D eigenvalue weighted by Gasteiger charge is -2.26. The largest absolute Gasteiger partial charge is 0.380 e. The Hall–Kier alpha value is -2.94. The van der Waals surface area contributed by atoms with E-state index in [9.17, 15) is 18.0 Å². The van der Waals surface area contributed by atoms with Crippen molar-refractivity contribution in [3.63, 3.8) is 0 Å². The van der Waals surface area contributed by atoms with E-state index in [1.165, 1.54) is 16.7 Å². The summed E-state index contributed by atoms with van der Waals surface area (Å²) in [6, 6.07) is 5.03. The third kappa shape index (κ3) is 3.43. The molecule has 2 aromatic heterocycles. The van der Waals surface area contributed by atoms with Crippen LogP contribution in [0.1, 0.15) is 47.8 Å². The lowest BCUT2D eigenvalue weighted by Crippen LogP contribution is -2.33. The van der Waals surface area contributed by atoms with Gasteiger partial charge in [0.2, 0.25) is 0 Å². The van der Waals surface area contributed by atoms with Crippen LogP contribution in [0.15, 0.2) is 29.1 Å². The first-order chi connectivity index (χ1) is 14.3. The minimum atomic E-state index is -2.90. The number of ether oxygens (including phenoxy) is 1. The van der Waals surface area contributed by atoms with E-state index in [1.54, 1.807) is 27.0 Å². The van der Waals surface area contributed by atoms with Gasteiger partial charge in [-0.25, -0.2) is 23.1 Å². The zero-order valence-electron chi connectivity index (χ0n) is 16.7. The number of fused-ring (bicyclic) bond motifs is 1. The maximum Gasteiger partial charge on any atom is 0.266 e. The van der Waals surface area contributed by atoms with Crippen molar-refractivity contribution in [3.05, 3.63) is 63.0 Å². The lowest BCUT2D eigenvalue weighted by molar-refractivity contribution is 0.00780. The van der Waals surface area contributed by atoms with Gasteiger partial charge in [-0.1, -0.05) is 18.2 Å². The number of aryl methyl sites for hydroxylation is 2. The second-order valence-corrected chi connectivity index (χ2v) is 7.47. The topological polar surface area (TPSA) is 69.0 Å². The fourth-order valence-electron chi connectivity index (χ4n) is 3.63. The van der Waals surface area contributed by atoms with Gasteiger partial charge in [-0.2, -0.15) is 0 Å². The predicted molar refractivity (Wildman–Crippen MR) is 106 cm³/mol. The number of nitrogens with zero attached hydrogens (tertiary/aromatic N) is 3. The summed E-state index contributed by atoms with van der Waals surface area (Å²) < 4.78 is 47.4. The number of benzene rings is 1. The highest BCUT2D eigenvalue weighted by atomic mass is 19.3. The minimum absolute atomic E-state index is 0.000144. The molecule has 1 aliphatic heterocycles. The minimum Gasteiger partial charge on any atom is -0.380 e. The monoisotopic (exact) mass is 418 g/mol. The van der Waals surface area contributed by atoms with Gasteiger partial charge < -0.3 is 10.1 Å². The van der Waals surface area contributed by atoms with E-state index in [0.29, 0.717) is 41.5 Å². The summed E-state index contributed by atoms with van der Waals surface area (Å²) in [5.74, 6) is -0.111. The molecule has 1 saturated heterocycles. The molecule has 0 spiro atoms. The van der Waals surface area contributed by atoms with Crippen LogP contribution in [0.2, 0.25) is 0 Å². The fraction of sp³-hybridized carbons (Fsp3) is 0.381. The van der Waals surface area contributed by atoms with Crippen LogP contribution in [0.5, 0.6) is 0 Å². The average molecular weight is 418 g/mol. The van der Waals surface area contributed by atoms with Gasteiger partial charge in [-0.15, -0.1) is 0 Å². The number of rotatable bonds is 5. The highest BCUT2D eigenvalue weighted by molar-refractivity contribution is 5.87.